The first-order chi connectivity index (χ1) is 11.1. The average molecular weight is 315 g/mol. The third kappa shape index (κ3) is 4.00. The van der Waals surface area contributed by atoms with Crippen LogP contribution in [0.1, 0.15) is 52.5 Å². The Balaban J connectivity index is 2.25. The number of benzene rings is 1. The molecular formula is C18H21NO4. The Kier molecular flexibility index (Phi) is 5.57. The summed E-state index contributed by atoms with van der Waals surface area (Å²) in [6.07, 6.45) is 1.24. The molecule has 5 nitrogen and oxygen atoms in total. The van der Waals surface area contributed by atoms with Gasteiger partial charge in [-0.25, -0.2) is 4.79 Å². The molecule has 0 radical (unpaired) electrons. The molecule has 0 fully saturated rings. The lowest BCUT2D eigenvalue weighted by atomic mass is 10.2. The highest BCUT2D eigenvalue weighted by Gasteiger charge is 2.23. The van der Waals surface area contributed by atoms with Crippen LogP contribution < -0.4 is 0 Å². The molecular weight excluding hydrogens is 294 g/mol. The first-order valence-corrected chi connectivity index (χ1v) is 7.76. The predicted octanol–water partition coefficient (Wildman–Crippen LogP) is 3.59. The van der Waals surface area contributed by atoms with Gasteiger partial charge in [-0.05, 0) is 12.0 Å². The molecule has 0 aliphatic heterocycles. The number of aromatic carboxylic acids is 1. The fourth-order valence-corrected chi connectivity index (χ4v) is 2.46. The fourth-order valence-electron chi connectivity index (χ4n) is 2.46. The molecule has 23 heavy (non-hydrogen) atoms. The fraction of sp³-hybridized carbons (Fsp3) is 0.333. The van der Waals surface area contributed by atoms with E-state index in [9.17, 15) is 14.7 Å². The molecule has 1 aromatic carbocycles. The monoisotopic (exact) mass is 315 g/mol. The van der Waals surface area contributed by atoms with E-state index in [1.165, 1.54) is 6.07 Å². The number of carbonyl (C=O) groups is 2. The maximum Gasteiger partial charge on any atom is 0.339 e. The van der Waals surface area contributed by atoms with Gasteiger partial charge in [-0.1, -0.05) is 44.2 Å². The van der Waals surface area contributed by atoms with Crippen LogP contribution in [-0.4, -0.2) is 28.4 Å². The van der Waals surface area contributed by atoms with Gasteiger partial charge in [0.15, 0.2) is 5.76 Å². The summed E-state index contributed by atoms with van der Waals surface area (Å²) in [6, 6.07) is 11.0. The summed E-state index contributed by atoms with van der Waals surface area (Å²) < 4.78 is 5.48. The van der Waals surface area contributed by atoms with E-state index >= 15 is 0 Å². The molecule has 122 valence electrons. The number of carboxylic acids is 1. The van der Waals surface area contributed by atoms with Crippen molar-refractivity contribution in [3.8, 4) is 0 Å². The van der Waals surface area contributed by atoms with Crippen LogP contribution >= 0.6 is 0 Å². The van der Waals surface area contributed by atoms with E-state index in [0.29, 0.717) is 25.3 Å². The van der Waals surface area contributed by atoms with Gasteiger partial charge in [0.25, 0.3) is 5.91 Å². The summed E-state index contributed by atoms with van der Waals surface area (Å²) in [5.74, 6) is -0.937. The lowest BCUT2D eigenvalue weighted by molar-refractivity contribution is 0.0689. The Labute approximate surface area is 135 Å². The van der Waals surface area contributed by atoms with Crippen LogP contribution in [0.2, 0.25) is 0 Å². The minimum absolute atomic E-state index is 0.0620. The van der Waals surface area contributed by atoms with E-state index in [0.717, 1.165) is 12.0 Å². The number of aryl methyl sites for hydroxylation is 1. The number of amides is 1. The van der Waals surface area contributed by atoms with E-state index in [4.69, 9.17) is 4.42 Å². The van der Waals surface area contributed by atoms with Crippen molar-refractivity contribution in [3.05, 3.63) is 59.0 Å². The summed E-state index contributed by atoms with van der Waals surface area (Å²) in [7, 11) is 0. The molecule has 0 atom stereocenters. The predicted molar refractivity (Wildman–Crippen MR) is 86.5 cm³/mol. The van der Waals surface area contributed by atoms with Crippen LogP contribution in [-0.2, 0) is 13.0 Å². The number of nitrogens with zero attached hydrogens (tertiary/aromatic N) is 1. The molecule has 0 saturated carbocycles. The number of furan rings is 1. The summed E-state index contributed by atoms with van der Waals surface area (Å²) in [6.45, 7) is 4.84. The second-order valence-corrected chi connectivity index (χ2v) is 5.32. The van der Waals surface area contributed by atoms with Gasteiger partial charge < -0.3 is 14.4 Å². The van der Waals surface area contributed by atoms with Crippen molar-refractivity contribution >= 4 is 11.9 Å². The molecule has 1 heterocycles. The van der Waals surface area contributed by atoms with Gasteiger partial charge in [-0.2, -0.15) is 0 Å². The topological polar surface area (TPSA) is 70.8 Å². The normalized spacial score (nSPS) is 10.5. The Bertz CT molecular complexity index is 676. The Hall–Kier alpha value is -2.56. The molecule has 2 rings (SSSR count). The SMILES string of the molecule is CCCN(Cc1ccccc1)C(=O)c1cc(C(=O)O)c(CC)o1. The molecule has 1 aromatic heterocycles. The average Bonchev–Trinajstić information content (AvgIpc) is 2.99. The highest BCUT2D eigenvalue weighted by molar-refractivity contribution is 5.96. The van der Waals surface area contributed by atoms with Gasteiger partial charge >= 0.3 is 5.97 Å². The van der Waals surface area contributed by atoms with Gasteiger partial charge in [0.05, 0.1) is 0 Å². The summed E-state index contributed by atoms with van der Waals surface area (Å²) in [4.78, 5) is 25.6. The smallest absolute Gasteiger partial charge is 0.339 e. The van der Waals surface area contributed by atoms with Crippen molar-refractivity contribution in [2.75, 3.05) is 6.54 Å². The minimum atomic E-state index is -1.07. The maximum atomic E-state index is 12.7. The first kappa shape index (κ1) is 16.8. The Morgan fingerprint density at radius 3 is 2.39 bits per heavy atom. The van der Waals surface area contributed by atoms with E-state index in [1.54, 1.807) is 11.8 Å². The number of carboxylic acid groups (broad SMARTS) is 1. The summed E-state index contributed by atoms with van der Waals surface area (Å²) in [5.41, 5.74) is 1.09. The Morgan fingerprint density at radius 2 is 1.87 bits per heavy atom. The second kappa shape index (κ2) is 7.63. The van der Waals surface area contributed by atoms with Crippen molar-refractivity contribution in [1.82, 2.24) is 4.90 Å². The zero-order valence-electron chi connectivity index (χ0n) is 13.4. The molecule has 0 saturated heterocycles. The van der Waals surface area contributed by atoms with Crippen molar-refractivity contribution in [1.29, 1.82) is 0 Å². The lowest BCUT2D eigenvalue weighted by Gasteiger charge is -2.21. The van der Waals surface area contributed by atoms with E-state index in [1.807, 2.05) is 37.3 Å². The van der Waals surface area contributed by atoms with E-state index in [-0.39, 0.29) is 17.2 Å². The van der Waals surface area contributed by atoms with Gasteiger partial charge in [0, 0.05) is 25.6 Å². The number of hydrogen-bond donors (Lipinski definition) is 1. The minimum Gasteiger partial charge on any atom is -0.478 e. The lowest BCUT2D eigenvalue weighted by Crippen LogP contribution is -2.31. The van der Waals surface area contributed by atoms with Gasteiger partial charge in [-0.3, -0.25) is 4.79 Å². The van der Waals surface area contributed by atoms with Crippen molar-refractivity contribution < 1.29 is 19.1 Å². The summed E-state index contributed by atoms with van der Waals surface area (Å²) in [5, 5.41) is 9.18. The van der Waals surface area contributed by atoms with Gasteiger partial charge in [-0.15, -0.1) is 0 Å². The standard InChI is InChI=1S/C18H21NO4/c1-3-10-19(12-13-8-6-5-7-9-13)17(20)16-11-14(18(21)22)15(4-2)23-16/h5-9,11H,3-4,10,12H2,1-2H3,(H,21,22). The maximum absolute atomic E-state index is 12.7. The van der Waals surface area contributed by atoms with Crippen LogP contribution in [0.5, 0.6) is 0 Å². The molecule has 0 aliphatic rings. The largest absolute Gasteiger partial charge is 0.478 e. The molecule has 0 aliphatic carbocycles. The number of hydrogen-bond acceptors (Lipinski definition) is 3. The molecule has 5 heteroatoms. The number of carbonyl (C=O) groups excluding carboxylic acids is 1. The molecule has 2 aromatic rings. The highest BCUT2D eigenvalue weighted by atomic mass is 16.4. The van der Waals surface area contributed by atoms with Gasteiger partial charge in [0.1, 0.15) is 11.3 Å². The quantitative estimate of drug-likeness (QED) is 0.847. The third-order valence-electron chi connectivity index (χ3n) is 3.57. The van der Waals surface area contributed by atoms with Crippen LogP contribution in [0, 0.1) is 0 Å². The molecule has 0 spiro atoms. The zero-order valence-corrected chi connectivity index (χ0v) is 13.4. The second-order valence-electron chi connectivity index (χ2n) is 5.32. The van der Waals surface area contributed by atoms with Crippen LogP contribution in [0.15, 0.2) is 40.8 Å². The van der Waals surface area contributed by atoms with Crippen LogP contribution in [0.25, 0.3) is 0 Å². The van der Waals surface area contributed by atoms with Gasteiger partial charge in [0.2, 0.25) is 0 Å². The van der Waals surface area contributed by atoms with Crippen LogP contribution in [0.4, 0.5) is 0 Å². The Morgan fingerprint density at radius 1 is 1.17 bits per heavy atom. The van der Waals surface area contributed by atoms with E-state index < -0.39 is 5.97 Å². The number of rotatable bonds is 7. The van der Waals surface area contributed by atoms with Crippen molar-refractivity contribution in [2.24, 2.45) is 0 Å². The molecule has 0 bridgehead atoms. The molecule has 1 amide bonds. The molecule has 1 N–H and O–H groups in total. The van der Waals surface area contributed by atoms with Crippen molar-refractivity contribution in [2.45, 2.75) is 33.2 Å². The summed E-state index contributed by atoms with van der Waals surface area (Å²) >= 11 is 0. The third-order valence-corrected chi connectivity index (χ3v) is 3.57. The van der Waals surface area contributed by atoms with Crippen molar-refractivity contribution in [3.63, 3.8) is 0 Å². The van der Waals surface area contributed by atoms with Crippen LogP contribution in [0.3, 0.4) is 0 Å². The first-order valence-electron chi connectivity index (χ1n) is 7.76. The van der Waals surface area contributed by atoms with E-state index in [2.05, 4.69) is 0 Å². The highest BCUT2D eigenvalue weighted by Crippen LogP contribution is 2.19. The zero-order chi connectivity index (χ0) is 16.8. The molecule has 0 unspecified atom stereocenters.